The predicted octanol–water partition coefficient (Wildman–Crippen LogP) is 6.74. The van der Waals surface area contributed by atoms with Gasteiger partial charge < -0.3 is 4.74 Å². The van der Waals surface area contributed by atoms with E-state index in [2.05, 4.69) is 33.2 Å². The summed E-state index contributed by atoms with van der Waals surface area (Å²) in [6, 6.07) is 0. The van der Waals surface area contributed by atoms with Crippen molar-refractivity contribution in [1.82, 2.24) is 0 Å². The maximum Gasteiger partial charge on any atom is 0.200 e. The normalized spacial score (nSPS) is 22.0. The second kappa shape index (κ2) is 9.41. The van der Waals surface area contributed by atoms with Gasteiger partial charge in [-0.15, -0.1) is 0 Å². The first-order chi connectivity index (χ1) is 11.3. The Bertz CT molecular complexity index is 573. The van der Waals surface area contributed by atoms with Gasteiger partial charge >= 0.3 is 0 Å². The minimum absolute atomic E-state index is 0.116. The third-order valence-electron chi connectivity index (χ3n) is 4.45. The van der Waals surface area contributed by atoms with Crippen LogP contribution in [-0.2, 0) is 4.74 Å². The fourth-order valence-corrected chi connectivity index (χ4v) is 2.71. The van der Waals surface area contributed by atoms with Gasteiger partial charge in [-0.25, -0.2) is 4.39 Å². The first-order valence-corrected chi connectivity index (χ1v) is 8.40. The molecule has 0 aromatic carbocycles. The lowest BCUT2D eigenvalue weighted by Gasteiger charge is -2.26. The molecule has 0 amide bonds. The molecule has 0 heterocycles. The Balaban J connectivity index is 2.69. The van der Waals surface area contributed by atoms with Crippen molar-refractivity contribution in [3.8, 4) is 0 Å². The average molecular weight is 334 g/mol. The summed E-state index contributed by atoms with van der Waals surface area (Å²) in [5.41, 5.74) is 1.19. The number of halogens is 2. The molecule has 0 N–H and O–H groups in total. The quantitative estimate of drug-likeness (QED) is 0.353. The minimum atomic E-state index is -1.14. The van der Waals surface area contributed by atoms with E-state index in [1.165, 1.54) is 12.8 Å². The fourth-order valence-electron chi connectivity index (χ4n) is 2.71. The summed E-state index contributed by atoms with van der Waals surface area (Å²) in [7, 11) is 0. The Labute approximate surface area is 144 Å². The van der Waals surface area contributed by atoms with Crippen LogP contribution in [0.1, 0.15) is 39.5 Å². The van der Waals surface area contributed by atoms with E-state index >= 15 is 0 Å². The van der Waals surface area contributed by atoms with Crippen LogP contribution in [0.3, 0.4) is 0 Å². The SMILES string of the molecule is C=C(/C=C\C(=C)C1CCC(C)CC1)C(=C)/C(F)=C(/F)C(=C)OCC. The summed E-state index contributed by atoms with van der Waals surface area (Å²) in [4.78, 5) is 0. The molecule has 1 aliphatic carbocycles. The summed E-state index contributed by atoms with van der Waals surface area (Å²) in [5.74, 6) is -1.35. The maximum atomic E-state index is 14.1. The van der Waals surface area contributed by atoms with Crippen LogP contribution in [0.5, 0.6) is 0 Å². The standard InChI is InChI=1S/C21H28F2O/c1-7-24-18(6)21(23)20(22)17(5)15(3)10-11-16(4)19-12-8-14(2)9-13-19/h10-11,14,19H,3-9,12-13H2,1-2H3/b11-10-,21-20-. The molecule has 132 valence electrons. The van der Waals surface area contributed by atoms with Gasteiger partial charge in [0.15, 0.2) is 11.6 Å². The third kappa shape index (κ3) is 5.63. The van der Waals surface area contributed by atoms with Crippen LogP contribution in [0, 0.1) is 11.8 Å². The lowest BCUT2D eigenvalue weighted by atomic mass is 9.79. The molecule has 0 aromatic heterocycles. The smallest absolute Gasteiger partial charge is 0.200 e. The first kappa shape index (κ1) is 20.1. The van der Waals surface area contributed by atoms with Gasteiger partial charge in [0, 0.05) is 5.57 Å². The molecule has 0 radical (unpaired) electrons. The van der Waals surface area contributed by atoms with Gasteiger partial charge in [-0.3, -0.25) is 0 Å². The molecule has 0 bridgehead atoms. The fraction of sp³-hybridized carbons (Fsp3) is 0.429. The van der Waals surface area contributed by atoms with Gasteiger partial charge in [0.05, 0.1) is 6.61 Å². The molecule has 1 rings (SSSR count). The highest BCUT2D eigenvalue weighted by Gasteiger charge is 2.19. The number of ether oxygens (including phenoxy) is 1. The van der Waals surface area contributed by atoms with Crippen LogP contribution < -0.4 is 0 Å². The summed E-state index contributed by atoms with van der Waals surface area (Å²) in [5, 5.41) is 0. The minimum Gasteiger partial charge on any atom is -0.491 e. The van der Waals surface area contributed by atoms with Gasteiger partial charge in [-0.2, -0.15) is 4.39 Å². The number of rotatable bonds is 8. The van der Waals surface area contributed by atoms with Crippen molar-refractivity contribution >= 4 is 0 Å². The topological polar surface area (TPSA) is 9.23 Å². The van der Waals surface area contributed by atoms with Crippen LogP contribution in [0.25, 0.3) is 0 Å². The number of allylic oxidation sites excluding steroid dienone is 7. The van der Waals surface area contributed by atoms with Crippen molar-refractivity contribution in [3.05, 3.63) is 72.6 Å². The Hall–Kier alpha value is -1.90. The van der Waals surface area contributed by atoms with Gasteiger partial charge in [0.2, 0.25) is 5.83 Å². The van der Waals surface area contributed by atoms with Crippen LogP contribution in [0.15, 0.2) is 72.6 Å². The second-order valence-electron chi connectivity index (χ2n) is 6.35. The second-order valence-corrected chi connectivity index (χ2v) is 6.35. The van der Waals surface area contributed by atoms with Crippen LogP contribution >= 0.6 is 0 Å². The lowest BCUT2D eigenvalue weighted by molar-refractivity contribution is 0.224. The van der Waals surface area contributed by atoms with Crippen molar-refractivity contribution in [3.63, 3.8) is 0 Å². The molecule has 1 fully saturated rings. The van der Waals surface area contributed by atoms with E-state index in [1.807, 2.05) is 6.08 Å². The molecular formula is C21H28F2O. The summed E-state index contributed by atoms with van der Waals surface area (Å²) in [6.07, 6.45) is 8.11. The van der Waals surface area contributed by atoms with Crippen LogP contribution in [-0.4, -0.2) is 6.61 Å². The Morgan fingerprint density at radius 3 is 2.12 bits per heavy atom. The Morgan fingerprint density at radius 2 is 1.58 bits per heavy atom. The molecule has 0 unspecified atom stereocenters. The van der Waals surface area contributed by atoms with Crippen molar-refractivity contribution < 1.29 is 13.5 Å². The third-order valence-corrected chi connectivity index (χ3v) is 4.45. The van der Waals surface area contributed by atoms with Gasteiger partial charge in [-0.1, -0.05) is 63.8 Å². The summed E-state index contributed by atoms with van der Waals surface area (Å²) >= 11 is 0. The van der Waals surface area contributed by atoms with E-state index in [-0.39, 0.29) is 17.9 Å². The largest absolute Gasteiger partial charge is 0.491 e. The Kier molecular flexibility index (Phi) is 7.90. The molecule has 24 heavy (non-hydrogen) atoms. The van der Waals surface area contributed by atoms with Gasteiger partial charge in [0.1, 0.15) is 0 Å². The maximum absolute atomic E-state index is 14.1. The van der Waals surface area contributed by atoms with E-state index < -0.39 is 11.7 Å². The zero-order valence-corrected chi connectivity index (χ0v) is 14.8. The molecule has 0 saturated heterocycles. The molecule has 1 saturated carbocycles. The molecule has 0 aromatic rings. The highest BCUT2D eigenvalue weighted by Crippen LogP contribution is 2.33. The zero-order chi connectivity index (χ0) is 18.3. The Morgan fingerprint density at radius 1 is 1.00 bits per heavy atom. The monoisotopic (exact) mass is 334 g/mol. The average Bonchev–Trinajstić information content (AvgIpc) is 2.58. The van der Waals surface area contributed by atoms with E-state index in [9.17, 15) is 8.78 Å². The summed E-state index contributed by atoms with van der Waals surface area (Å²) in [6.45, 7) is 18.9. The van der Waals surface area contributed by atoms with Gasteiger partial charge in [-0.05, 0) is 37.2 Å². The zero-order valence-electron chi connectivity index (χ0n) is 14.8. The highest BCUT2D eigenvalue weighted by molar-refractivity contribution is 5.49. The van der Waals surface area contributed by atoms with Crippen LogP contribution in [0.2, 0.25) is 0 Å². The molecule has 0 atom stereocenters. The van der Waals surface area contributed by atoms with E-state index in [0.717, 1.165) is 24.3 Å². The molecule has 1 aliphatic rings. The molecule has 1 nitrogen and oxygen atoms in total. The van der Waals surface area contributed by atoms with Gasteiger partial charge in [0.25, 0.3) is 0 Å². The molecule has 3 heteroatoms. The van der Waals surface area contributed by atoms with Crippen molar-refractivity contribution in [2.75, 3.05) is 6.61 Å². The number of hydrogen-bond donors (Lipinski definition) is 0. The van der Waals surface area contributed by atoms with Crippen molar-refractivity contribution in [2.24, 2.45) is 11.8 Å². The molecule has 0 aliphatic heterocycles. The molecular weight excluding hydrogens is 306 g/mol. The molecule has 0 spiro atoms. The van der Waals surface area contributed by atoms with Crippen molar-refractivity contribution in [1.29, 1.82) is 0 Å². The number of hydrogen-bond acceptors (Lipinski definition) is 1. The van der Waals surface area contributed by atoms with E-state index in [0.29, 0.717) is 11.5 Å². The van der Waals surface area contributed by atoms with E-state index in [4.69, 9.17) is 4.74 Å². The lowest BCUT2D eigenvalue weighted by Crippen LogP contribution is -2.13. The van der Waals surface area contributed by atoms with Crippen LogP contribution in [0.4, 0.5) is 8.78 Å². The predicted molar refractivity (Wildman–Crippen MR) is 97.7 cm³/mol. The van der Waals surface area contributed by atoms with E-state index in [1.54, 1.807) is 13.0 Å². The highest BCUT2D eigenvalue weighted by atomic mass is 19.2. The first-order valence-electron chi connectivity index (χ1n) is 8.40. The summed E-state index contributed by atoms with van der Waals surface area (Å²) < 4.78 is 32.8. The van der Waals surface area contributed by atoms with Crippen molar-refractivity contribution in [2.45, 2.75) is 39.5 Å².